The SMILES string of the molecule is CC/C=C/N=C1\NC(=O)OC(CF)\C1=C(\C)c1cc(C(F)(F)F)cc(N2CCNC(C)C2)n1. The number of cyclic esters (lactones) is 1. The normalized spacial score (nSPS) is 24.8. The summed E-state index contributed by atoms with van der Waals surface area (Å²) in [6, 6.07) is 2.02. The Hall–Kier alpha value is -2.95. The third-order valence-electron chi connectivity index (χ3n) is 5.35. The lowest BCUT2D eigenvalue weighted by atomic mass is 9.98. The number of allylic oxidation sites excluding steroid dienone is 2. The molecule has 0 aliphatic carbocycles. The zero-order chi connectivity index (χ0) is 24.2. The highest BCUT2D eigenvalue weighted by Crippen LogP contribution is 2.35. The number of alkyl carbamates (subject to hydrolysis) is 1. The number of hydrogen-bond acceptors (Lipinski definition) is 6. The number of amidine groups is 1. The van der Waals surface area contributed by atoms with Crippen LogP contribution in [0.3, 0.4) is 0 Å². The van der Waals surface area contributed by atoms with Gasteiger partial charge in [-0.1, -0.05) is 13.0 Å². The van der Waals surface area contributed by atoms with E-state index in [9.17, 15) is 22.4 Å². The fourth-order valence-corrected chi connectivity index (χ4v) is 3.71. The van der Waals surface area contributed by atoms with Crippen LogP contribution in [0.4, 0.5) is 28.2 Å². The number of aliphatic imine (C=N–C) groups is 1. The lowest BCUT2D eigenvalue weighted by molar-refractivity contribution is -0.137. The van der Waals surface area contributed by atoms with E-state index in [1.807, 2.05) is 13.8 Å². The minimum absolute atomic E-state index is 0.00591. The summed E-state index contributed by atoms with van der Waals surface area (Å²) in [7, 11) is 0. The summed E-state index contributed by atoms with van der Waals surface area (Å²) in [4.78, 5) is 22.3. The average Bonchev–Trinajstić information content (AvgIpc) is 2.77. The lowest BCUT2D eigenvalue weighted by Crippen LogP contribution is -2.49. The summed E-state index contributed by atoms with van der Waals surface area (Å²) in [5.74, 6) is 0.197. The molecule has 2 aliphatic heterocycles. The number of carbonyl (C=O) groups is 1. The molecule has 2 atom stereocenters. The third-order valence-corrected chi connectivity index (χ3v) is 5.35. The first kappa shape index (κ1) is 24.7. The monoisotopic (exact) mass is 469 g/mol. The van der Waals surface area contributed by atoms with Crippen LogP contribution >= 0.6 is 0 Å². The summed E-state index contributed by atoms with van der Waals surface area (Å²) in [5.41, 5.74) is -0.483. The minimum atomic E-state index is -4.60. The smallest absolute Gasteiger partial charge is 0.416 e. The molecule has 2 N–H and O–H groups in total. The summed E-state index contributed by atoms with van der Waals surface area (Å²) in [5, 5.41) is 5.66. The molecule has 33 heavy (non-hydrogen) atoms. The highest BCUT2D eigenvalue weighted by atomic mass is 19.4. The molecule has 0 spiro atoms. The molecule has 2 unspecified atom stereocenters. The van der Waals surface area contributed by atoms with Crippen molar-refractivity contribution in [3.8, 4) is 0 Å². The fraction of sp³-hybridized carbons (Fsp3) is 0.500. The highest BCUT2D eigenvalue weighted by Gasteiger charge is 2.35. The van der Waals surface area contributed by atoms with Crippen LogP contribution in [0.25, 0.3) is 5.57 Å². The molecule has 3 rings (SSSR count). The Morgan fingerprint density at radius 3 is 2.79 bits per heavy atom. The number of rotatable bonds is 5. The van der Waals surface area contributed by atoms with E-state index in [0.717, 1.165) is 12.1 Å². The Bertz CT molecular complexity index is 974. The van der Waals surface area contributed by atoms with Crippen molar-refractivity contribution in [2.24, 2.45) is 4.99 Å². The van der Waals surface area contributed by atoms with Gasteiger partial charge in [-0.3, -0.25) is 5.32 Å². The predicted octanol–water partition coefficient (Wildman–Crippen LogP) is 4.07. The molecule has 2 aliphatic rings. The molecule has 0 radical (unpaired) electrons. The van der Waals surface area contributed by atoms with Crippen molar-refractivity contribution in [2.45, 2.75) is 45.5 Å². The number of amides is 1. The van der Waals surface area contributed by atoms with Gasteiger partial charge in [-0.05, 0) is 38.0 Å². The van der Waals surface area contributed by atoms with E-state index in [0.29, 0.717) is 26.1 Å². The van der Waals surface area contributed by atoms with Gasteiger partial charge in [0.05, 0.1) is 11.3 Å². The van der Waals surface area contributed by atoms with Gasteiger partial charge in [-0.25, -0.2) is 19.2 Å². The maximum Gasteiger partial charge on any atom is 0.416 e. The summed E-state index contributed by atoms with van der Waals surface area (Å²) < 4.78 is 60.0. The second kappa shape index (κ2) is 10.3. The zero-order valence-corrected chi connectivity index (χ0v) is 18.7. The predicted molar refractivity (Wildman–Crippen MR) is 118 cm³/mol. The number of nitrogens with one attached hydrogen (secondary N) is 2. The minimum Gasteiger partial charge on any atom is -0.438 e. The van der Waals surface area contributed by atoms with Crippen molar-refractivity contribution < 1.29 is 27.1 Å². The van der Waals surface area contributed by atoms with Gasteiger partial charge in [-0.15, -0.1) is 0 Å². The molecular weight excluding hydrogens is 442 g/mol. The summed E-state index contributed by atoms with van der Waals surface area (Å²) >= 11 is 0. The van der Waals surface area contributed by atoms with E-state index in [-0.39, 0.29) is 34.5 Å². The average molecular weight is 469 g/mol. The van der Waals surface area contributed by atoms with Crippen molar-refractivity contribution in [3.05, 3.63) is 41.2 Å². The second-order valence-electron chi connectivity index (χ2n) is 7.88. The van der Waals surface area contributed by atoms with Crippen LogP contribution in [0.2, 0.25) is 0 Å². The number of halogens is 4. The van der Waals surface area contributed by atoms with E-state index in [2.05, 4.69) is 20.6 Å². The van der Waals surface area contributed by atoms with Gasteiger partial charge >= 0.3 is 12.3 Å². The van der Waals surface area contributed by atoms with Crippen LogP contribution in [0.1, 0.15) is 38.4 Å². The molecular formula is C22H27F4N5O2. The molecule has 0 aromatic carbocycles. The molecule has 0 saturated carbocycles. The number of ether oxygens (including phenoxy) is 1. The molecule has 7 nitrogen and oxygen atoms in total. The van der Waals surface area contributed by atoms with E-state index in [4.69, 9.17) is 4.74 Å². The number of piperazine rings is 1. The van der Waals surface area contributed by atoms with Gasteiger partial charge in [0.1, 0.15) is 18.3 Å². The first-order valence-corrected chi connectivity index (χ1v) is 10.7. The van der Waals surface area contributed by atoms with E-state index >= 15 is 0 Å². The maximum atomic E-state index is 13.8. The molecule has 3 heterocycles. The third kappa shape index (κ3) is 5.89. The Morgan fingerprint density at radius 2 is 2.15 bits per heavy atom. The number of anilines is 1. The first-order valence-electron chi connectivity index (χ1n) is 10.7. The highest BCUT2D eigenvalue weighted by molar-refractivity contribution is 6.13. The van der Waals surface area contributed by atoms with Crippen LogP contribution in [0.5, 0.6) is 0 Å². The van der Waals surface area contributed by atoms with Gasteiger partial charge < -0.3 is 15.0 Å². The molecule has 0 bridgehead atoms. The standard InChI is InChI=1S/C22H27F4N5O2/c1-4-5-6-28-20-19(17(11-23)33-21(32)30-20)14(3)16-9-15(22(24,25)26)10-18(29-16)31-8-7-27-13(2)12-31/h5-6,9-10,13,17,27H,4,7-8,11-12H2,1-3H3,(H,28,30,32)/b6-5+,19-14+. The number of pyridine rings is 1. The first-order chi connectivity index (χ1) is 15.6. The number of hydrogen-bond donors (Lipinski definition) is 2. The van der Waals surface area contributed by atoms with Crippen molar-refractivity contribution in [1.29, 1.82) is 0 Å². The Morgan fingerprint density at radius 1 is 1.39 bits per heavy atom. The number of nitrogens with zero attached hydrogens (tertiary/aromatic N) is 3. The van der Waals surface area contributed by atoms with Crippen LogP contribution < -0.4 is 15.5 Å². The largest absolute Gasteiger partial charge is 0.438 e. The molecule has 2 saturated heterocycles. The Balaban J connectivity index is 2.16. The molecule has 11 heteroatoms. The van der Waals surface area contributed by atoms with Gasteiger partial charge in [0, 0.05) is 37.4 Å². The van der Waals surface area contributed by atoms with Gasteiger partial charge in [0.15, 0.2) is 6.10 Å². The van der Waals surface area contributed by atoms with Crippen molar-refractivity contribution >= 4 is 23.3 Å². The Kier molecular flexibility index (Phi) is 7.72. The Labute approximate surface area is 189 Å². The van der Waals surface area contributed by atoms with E-state index < -0.39 is 30.6 Å². The maximum absolute atomic E-state index is 13.8. The molecule has 2 fully saturated rings. The summed E-state index contributed by atoms with van der Waals surface area (Å²) in [6.07, 6.45) is -2.96. The van der Waals surface area contributed by atoms with Crippen molar-refractivity contribution in [2.75, 3.05) is 31.2 Å². The molecule has 180 valence electrons. The van der Waals surface area contributed by atoms with E-state index in [1.54, 1.807) is 11.0 Å². The van der Waals surface area contributed by atoms with Crippen LogP contribution in [0, 0.1) is 0 Å². The van der Waals surface area contributed by atoms with Crippen LogP contribution in [0.15, 0.2) is 35.0 Å². The summed E-state index contributed by atoms with van der Waals surface area (Å²) in [6.45, 7) is 5.88. The van der Waals surface area contributed by atoms with Crippen molar-refractivity contribution in [3.63, 3.8) is 0 Å². The quantitative estimate of drug-likeness (QED) is 0.636. The second-order valence-corrected chi connectivity index (χ2v) is 7.88. The molecule has 1 aromatic heterocycles. The zero-order valence-electron chi connectivity index (χ0n) is 18.7. The fourth-order valence-electron chi connectivity index (χ4n) is 3.71. The lowest BCUT2D eigenvalue weighted by Gasteiger charge is -2.33. The molecule has 1 aromatic rings. The van der Waals surface area contributed by atoms with Crippen LogP contribution in [-0.2, 0) is 10.9 Å². The van der Waals surface area contributed by atoms with E-state index in [1.165, 1.54) is 13.1 Å². The number of aromatic nitrogens is 1. The number of carbonyl (C=O) groups excluding carboxylic acids is 1. The van der Waals surface area contributed by atoms with Crippen molar-refractivity contribution in [1.82, 2.24) is 15.6 Å². The van der Waals surface area contributed by atoms with Crippen LogP contribution in [-0.4, -0.2) is 55.4 Å². The van der Waals surface area contributed by atoms with Gasteiger partial charge in [-0.2, -0.15) is 13.2 Å². The van der Waals surface area contributed by atoms with Gasteiger partial charge in [0.2, 0.25) is 0 Å². The molecule has 1 amide bonds. The topological polar surface area (TPSA) is 78.8 Å². The number of alkyl halides is 4. The van der Waals surface area contributed by atoms with Gasteiger partial charge in [0.25, 0.3) is 0 Å².